The summed E-state index contributed by atoms with van der Waals surface area (Å²) in [7, 11) is 1.64. The number of hydrogen-bond donors (Lipinski definition) is 1. The highest BCUT2D eigenvalue weighted by molar-refractivity contribution is 5.84. The maximum absolute atomic E-state index is 11.6. The molecule has 1 aromatic carbocycles. The minimum atomic E-state index is -0.00569. The topological polar surface area (TPSA) is 38.3 Å². The van der Waals surface area contributed by atoms with Crippen molar-refractivity contribution >= 4 is 5.91 Å². The highest BCUT2D eigenvalue weighted by atomic mass is 16.5. The Morgan fingerprint density at radius 3 is 3.07 bits per heavy atom. The van der Waals surface area contributed by atoms with Crippen LogP contribution >= 0.6 is 0 Å². The normalized spacial score (nSPS) is 20.9. The van der Waals surface area contributed by atoms with Crippen LogP contribution in [0.2, 0.25) is 0 Å². The van der Waals surface area contributed by atoms with Crippen LogP contribution in [0.15, 0.2) is 24.3 Å². The van der Waals surface area contributed by atoms with E-state index in [1.807, 2.05) is 24.3 Å². The van der Waals surface area contributed by atoms with Gasteiger partial charge in [-0.05, 0) is 30.5 Å². The third-order valence-electron chi connectivity index (χ3n) is 2.78. The number of benzene rings is 1. The largest absolute Gasteiger partial charge is 0.497 e. The van der Waals surface area contributed by atoms with E-state index in [0.29, 0.717) is 0 Å². The van der Waals surface area contributed by atoms with E-state index in [-0.39, 0.29) is 11.8 Å². The van der Waals surface area contributed by atoms with Crippen molar-refractivity contribution in [3.8, 4) is 5.75 Å². The fraction of sp³-hybridized carbons (Fsp3) is 0.417. The molecule has 3 heteroatoms. The number of piperidine rings is 1. The standard InChI is InChI=1S/C12H15NO2/c1-15-10-5-2-4-9(8-10)11-6-3-7-13-12(11)14/h2,4-5,8,11H,3,6-7H2,1H3,(H,13,14). The van der Waals surface area contributed by atoms with Gasteiger partial charge in [0.2, 0.25) is 5.91 Å². The van der Waals surface area contributed by atoms with Crippen LogP contribution in [0, 0.1) is 0 Å². The molecule has 15 heavy (non-hydrogen) atoms. The zero-order chi connectivity index (χ0) is 10.7. The summed E-state index contributed by atoms with van der Waals surface area (Å²) in [6.07, 6.45) is 1.98. The van der Waals surface area contributed by atoms with Crippen LogP contribution in [-0.2, 0) is 4.79 Å². The minimum absolute atomic E-state index is 0.00569. The molecule has 1 aromatic rings. The summed E-state index contributed by atoms with van der Waals surface area (Å²) < 4.78 is 5.15. The lowest BCUT2D eigenvalue weighted by atomic mass is 9.91. The van der Waals surface area contributed by atoms with Crippen molar-refractivity contribution in [3.05, 3.63) is 29.8 Å². The van der Waals surface area contributed by atoms with Crippen molar-refractivity contribution in [2.75, 3.05) is 13.7 Å². The number of nitrogens with one attached hydrogen (secondary N) is 1. The fourth-order valence-electron chi connectivity index (χ4n) is 1.95. The van der Waals surface area contributed by atoms with E-state index in [1.54, 1.807) is 7.11 Å². The summed E-state index contributed by atoms with van der Waals surface area (Å²) >= 11 is 0. The van der Waals surface area contributed by atoms with Crippen molar-refractivity contribution in [2.45, 2.75) is 18.8 Å². The molecule has 0 spiro atoms. The zero-order valence-electron chi connectivity index (χ0n) is 8.82. The molecule has 80 valence electrons. The Balaban J connectivity index is 2.23. The molecule has 2 rings (SSSR count). The zero-order valence-corrected chi connectivity index (χ0v) is 8.82. The van der Waals surface area contributed by atoms with Gasteiger partial charge in [-0.25, -0.2) is 0 Å². The maximum Gasteiger partial charge on any atom is 0.227 e. The third-order valence-corrected chi connectivity index (χ3v) is 2.78. The molecular weight excluding hydrogens is 190 g/mol. The average molecular weight is 205 g/mol. The van der Waals surface area contributed by atoms with Gasteiger partial charge >= 0.3 is 0 Å². The van der Waals surface area contributed by atoms with Crippen LogP contribution in [0.4, 0.5) is 0 Å². The van der Waals surface area contributed by atoms with Crippen LogP contribution in [0.5, 0.6) is 5.75 Å². The summed E-state index contributed by atoms with van der Waals surface area (Å²) in [4.78, 5) is 11.6. The van der Waals surface area contributed by atoms with Gasteiger partial charge in [-0.2, -0.15) is 0 Å². The van der Waals surface area contributed by atoms with Crippen LogP contribution in [0.3, 0.4) is 0 Å². The number of rotatable bonds is 2. The van der Waals surface area contributed by atoms with Crippen molar-refractivity contribution in [1.29, 1.82) is 0 Å². The van der Waals surface area contributed by atoms with E-state index in [0.717, 1.165) is 30.7 Å². The van der Waals surface area contributed by atoms with E-state index in [1.165, 1.54) is 0 Å². The molecule has 1 fully saturated rings. The first-order valence-electron chi connectivity index (χ1n) is 5.23. The lowest BCUT2D eigenvalue weighted by Gasteiger charge is -2.22. The first-order chi connectivity index (χ1) is 7.31. The van der Waals surface area contributed by atoms with Gasteiger partial charge in [0.15, 0.2) is 0 Å². The van der Waals surface area contributed by atoms with Gasteiger partial charge in [0.1, 0.15) is 5.75 Å². The Kier molecular flexibility index (Phi) is 2.90. The summed E-state index contributed by atoms with van der Waals surface area (Å²) in [5, 5.41) is 2.89. The molecule has 1 aliphatic heterocycles. The molecule has 1 atom stereocenters. The number of carbonyl (C=O) groups is 1. The molecule has 1 saturated heterocycles. The number of hydrogen-bond acceptors (Lipinski definition) is 2. The maximum atomic E-state index is 11.6. The Labute approximate surface area is 89.4 Å². The van der Waals surface area contributed by atoms with Crippen LogP contribution in [0.1, 0.15) is 24.3 Å². The third kappa shape index (κ3) is 2.12. The second kappa shape index (κ2) is 4.34. The molecule has 0 radical (unpaired) electrons. The summed E-state index contributed by atoms with van der Waals surface area (Å²) in [5.74, 6) is 0.939. The van der Waals surface area contributed by atoms with Crippen LogP contribution in [-0.4, -0.2) is 19.6 Å². The SMILES string of the molecule is COc1cccc(C2CCCNC2=O)c1. The predicted molar refractivity (Wildman–Crippen MR) is 58.0 cm³/mol. The highest BCUT2D eigenvalue weighted by Crippen LogP contribution is 2.26. The van der Waals surface area contributed by atoms with Crippen LogP contribution < -0.4 is 10.1 Å². The van der Waals surface area contributed by atoms with Gasteiger partial charge in [0.25, 0.3) is 0 Å². The molecular formula is C12H15NO2. The molecule has 0 aliphatic carbocycles. The Morgan fingerprint density at radius 1 is 1.47 bits per heavy atom. The van der Waals surface area contributed by atoms with E-state index in [4.69, 9.17) is 4.74 Å². The summed E-state index contributed by atoms with van der Waals surface area (Å²) in [5.41, 5.74) is 1.05. The number of ether oxygens (including phenoxy) is 1. The van der Waals surface area contributed by atoms with Gasteiger partial charge < -0.3 is 10.1 Å². The first-order valence-corrected chi connectivity index (χ1v) is 5.23. The molecule has 0 saturated carbocycles. The average Bonchev–Trinajstić information content (AvgIpc) is 2.30. The quantitative estimate of drug-likeness (QED) is 0.797. The molecule has 1 aliphatic rings. The van der Waals surface area contributed by atoms with Gasteiger partial charge in [-0.1, -0.05) is 12.1 Å². The second-order valence-corrected chi connectivity index (χ2v) is 3.76. The molecule has 1 N–H and O–H groups in total. The van der Waals surface area contributed by atoms with Crippen molar-refractivity contribution in [2.24, 2.45) is 0 Å². The molecule has 3 nitrogen and oxygen atoms in total. The van der Waals surface area contributed by atoms with Crippen molar-refractivity contribution in [3.63, 3.8) is 0 Å². The van der Waals surface area contributed by atoms with Gasteiger partial charge in [-0.15, -0.1) is 0 Å². The second-order valence-electron chi connectivity index (χ2n) is 3.76. The van der Waals surface area contributed by atoms with Gasteiger partial charge in [0, 0.05) is 6.54 Å². The number of carbonyl (C=O) groups excluding carboxylic acids is 1. The minimum Gasteiger partial charge on any atom is -0.497 e. The lowest BCUT2D eigenvalue weighted by molar-refractivity contribution is -0.123. The van der Waals surface area contributed by atoms with Crippen LogP contribution in [0.25, 0.3) is 0 Å². The summed E-state index contributed by atoms with van der Waals surface area (Å²) in [6.45, 7) is 0.805. The Morgan fingerprint density at radius 2 is 2.33 bits per heavy atom. The lowest BCUT2D eigenvalue weighted by Crippen LogP contribution is -2.34. The number of amides is 1. The Bertz CT molecular complexity index is 362. The van der Waals surface area contributed by atoms with Gasteiger partial charge in [0.05, 0.1) is 13.0 Å². The Hall–Kier alpha value is -1.51. The molecule has 1 heterocycles. The predicted octanol–water partition coefficient (Wildman–Crippen LogP) is 1.69. The molecule has 1 amide bonds. The number of methoxy groups -OCH3 is 1. The highest BCUT2D eigenvalue weighted by Gasteiger charge is 2.23. The summed E-state index contributed by atoms with van der Waals surface area (Å²) in [6, 6.07) is 7.74. The van der Waals surface area contributed by atoms with E-state index < -0.39 is 0 Å². The van der Waals surface area contributed by atoms with E-state index >= 15 is 0 Å². The molecule has 1 unspecified atom stereocenters. The fourth-order valence-corrected chi connectivity index (χ4v) is 1.95. The molecule has 0 aromatic heterocycles. The van der Waals surface area contributed by atoms with E-state index in [2.05, 4.69) is 5.32 Å². The first kappa shape index (κ1) is 10.0. The monoisotopic (exact) mass is 205 g/mol. The smallest absolute Gasteiger partial charge is 0.227 e. The van der Waals surface area contributed by atoms with Gasteiger partial charge in [-0.3, -0.25) is 4.79 Å². The van der Waals surface area contributed by atoms with Crippen molar-refractivity contribution in [1.82, 2.24) is 5.32 Å². The molecule has 0 bridgehead atoms. The van der Waals surface area contributed by atoms with E-state index in [9.17, 15) is 4.79 Å². The van der Waals surface area contributed by atoms with Crippen molar-refractivity contribution < 1.29 is 9.53 Å².